The number of anilines is 1. The zero-order valence-electron chi connectivity index (χ0n) is 14.0. The predicted octanol–water partition coefficient (Wildman–Crippen LogP) is 2.88. The molecule has 1 aromatic heterocycles. The van der Waals surface area contributed by atoms with E-state index in [2.05, 4.69) is 20.2 Å². The Labute approximate surface area is 148 Å². The van der Waals surface area contributed by atoms with Gasteiger partial charge in [-0.25, -0.2) is 10.2 Å². The normalized spacial score (nSPS) is 11.1. The Morgan fingerprint density at radius 1 is 1.32 bits per heavy atom. The van der Waals surface area contributed by atoms with Gasteiger partial charge in [-0.05, 0) is 56.6 Å². The van der Waals surface area contributed by atoms with Gasteiger partial charge in [0.1, 0.15) is 10.8 Å². The quantitative estimate of drug-likeness (QED) is 0.559. The van der Waals surface area contributed by atoms with Gasteiger partial charge in [0.15, 0.2) is 0 Å². The number of hydrogen-bond acceptors (Lipinski definition) is 7. The zero-order chi connectivity index (χ0) is 18.4. The Bertz CT molecular complexity index is 799. The van der Waals surface area contributed by atoms with Crippen molar-refractivity contribution in [3.8, 4) is 5.75 Å². The lowest BCUT2D eigenvalue weighted by Gasteiger charge is -2.07. The van der Waals surface area contributed by atoms with Crippen LogP contribution in [0.25, 0.3) is 0 Å². The molecule has 0 saturated carbocycles. The summed E-state index contributed by atoms with van der Waals surface area (Å²) >= 11 is 1.11. The molecule has 1 heterocycles. The van der Waals surface area contributed by atoms with Crippen LogP contribution in [-0.4, -0.2) is 33.8 Å². The molecule has 2 amide bonds. The lowest BCUT2D eigenvalue weighted by molar-refractivity contribution is 0.0954. The minimum Gasteiger partial charge on any atom is -0.508 e. The number of phenols is 1. The molecule has 3 N–H and O–H groups in total. The highest BCUT2D eigenvalue weighted by Gasteiger charge is 2.17. The van der Waals surface area contributed by atoms with Crippen LogP contribution in [0.4, 0.5) is 9.80 Å². The van der Waals surface area contributed by atoms with Gasteiger partial charge >= 0.3 is 6.09 Å². The van der Waals surface area contributed by atoms with Crippen molar-refractivity contribution in [2.45, 2.75) is 20.8 Å². The van der Waals surface area contributed by atoms with Gasteiger partial charge in [0.2, 0.25) is 0 Å². The van der Waals surface area contributed by atoms with Crippen LogP contribution in [0.3, 0.4) is 0 Å². The van der Waals surface area contributed by atoms with Crippen LogP contribution in [0.1, 0.15) is 35.5 Å². The molecule has 0 fully saturated rings. The molecule has 0 atom stereocenters. The lowest BCUT2D eigenvalue weighted by Crippen LogP contribution is -2.20. The average Bonchev–Trinajstić information content (AvgIpc) is 2.93. The van der Waals surface area contributed by atoms with E-state index in [4.69, 9.17) is 4.74 Å². The number of nitrogens with one attached hydrogen (secondary N) is 2. The van der Waals surface area contributed by atoms with Crippen molar-refractivity contribution >= 4 is 34.2 Å². The van der Waals surface area contributed by atoms with Crippen LogP contribution in [0, 0.1) is 6.92 Å². The number of carbonyl (C=O) groups excluding carboxylic acids is 2. The molecule has 132 valence electrons. The van der Waals surface area contributed by atoms with Crippen LogP contribution >= 0.6 is 11.5 Å². The van der Waals surface area contributed by atoms with E-state index in [1.807, 2.05) is 0 Å². The standard InChI is InChI=1S/C16H18N4O4S/c1-4-24-16(23)17-15-13(10(3)20-25-15)9(2)18-19-14(22)11-5-7-12(21)8-6-11/h5-8,21H,4H2,1-3H3,(H,17,23)(H,19,22)/b18-9+. The number of hydrazone groups is 1. The van der Waals surface area contributed by atoms with Crippen molar-refractivity contribution in [2.24, 2.45) is 5.10 Å². The molecule has 0 aliphatic carbocycles. The number of benzene rings is 1. The van der Waals surface area contributed by atoms with E-state index >= 15 is 0 Å². The Morgan fingerprint density at radius 3 is 2.64 bits per heavy atom. The van der Waals surface area contributed by atoms with Gasteiger partial charge < -0.3 is 9.84 Å². The first kappa shape index (κ1) is 18.4. The highest BCUT2D eigenvalue weighted by molar-refractivity contribution is 7.11. The van der Waals surface area contributed by atoms with Crippen LogP contribution < -0.4 is 10.7 Å². The summed E-state index contributed by atoms with van der Waals surface area (Å²) in [7, 11) is 0. The van der Waals surface area contributed by atoms with Crippen LogP contribution in [0.5, 0.6) is 5.75 Å². The third-order valence-corrected chi connectivity index (χ3v) is 4.02. The lowest BCUT2D eigenvalue weighted by atomic mass is 10.1. The molecule has 2 rings (SSSR count). The summed E-state index contributed by atoms with van der Waals surface area (Å²) in [4.78, 5) is 23.7. The third-order valence-electron chi connectivity index (χ3n) is 3.17. The summed E-state index contributed by atoms with van der Waals surface area (Å²) in [6.45, 7) is 5.45. The number of hydrogen-bond donors (Lipinski definition) is 3. The van der Waals surface area contributed by atoms with Crippen LogP contribution in [-0.2, 0) is 4.74 Å². The maximum Gasteiger partial charge on any atom is 0.412 e. The summed E-state index contributed by atoms with van der Waals surface area (Å²) in [5.74, 6) is -0.342. The summed E-state index contributed by atoms with van der Waals surface area (Å²) in [5.41, 5.74) is 4.60. The topological polar surface area (TPSA) is 113 Å². The first-order valence-electron chi connectivity index (χ1n) is 7.46. The molecular formula is C16H18N4O4S. The van der Waals surface area contributed by atoms with Gasteiger partial charge in [-0.3, -0.25) is 10.1 Å². The van der Waals surface area contributed by atoms with Crippen molar-refractivity contribution in [3.05, 3.63) is 41.1 Å². The first-order valence-corrected chi connectivity index (χ1v) is 8.23. The Morgan fingerprint density at radius 2 is 2.00 bits per heavy atom. The largest absolute Gasteiger partial charge is 0.508 e. The monoisotopic (exact) mass is 362 g/mol. The van der Waals surface area contributed by atoms with Gasteiger partial charge in [0, 0.05) is 5.56 Å². The number of aromatic hydroxyl groups is 1. The van der Waals surface area contributed by atoms with Gasteiger partial charge in [0.05, 0.1) is 23.6 Å². The molecule has 0 aliphatic rings. The van der Waals surface area contributed by atoms with E-state index in [-0.39, 0.29) is 12.4 Å². The predicted molar refractivity (Wildman–Crippen MR) is 95.3 cm³/mol. The van der Waals surface area contributed by atoms with Gasteiger partial charge in [-0.15, -0.1) is 0 Å². The summed E-state index contributed by atoms with van der Waals surface area (Å²) in [6.07, 6.45) is -0.576. The van der Waals surface area contributed by atoms with Crippen LogP contribution in [0.2, 0.25) is 0 Å². The summed E-state index contributed by atoms with van der Waals surface area (Å²) in [6, 6.07) is 5.81. The number of aryl methyl sites for hydroxylation is 1. The van der Waals surface area contributed by atoms with Gasteiger partial charge in [0.25, 0.3) is 5.91 Å². The Balaban J connectivity index is 2.14. The fraction of sp³-hybridized carbons (Fsp3) is 0.250. The number of nitrogens with zero attached hydrogens (tertiary/aromatic N) is 2. The molecule has 0 saturated heterocycles. The Kier molecular flexibility index (Phi) is 6.07. The molecule has 25 heavy (non-hydrogen) atoms. The van der Waals surface area contributed by atoms with E-state index in [1.165, 1.54) is 24.3 Å². The molecular weight excluding hydrogens is 344 g/mol. The molecule has 0 aliphatic heterocycles. The van der Waals surface area contributed by atoms with E-state index in [1.54, 1.807) is 20.8 Å². The first-order chi connectivity index (χ1) is 11.9. The molecule has 0 radical (unpaired) electrons. The SMILES string of the molecule is CCOC(=O)Nc1snc(C)c1/C(C)=N/NC(=O)c1ccc(O)cc1. The minimum absolute atomic E-state index is 0.0749. The van der Waals surface area contributed by atoms with Crippen molar-refractivity contribution in [1.82, 2.24) is 9.80 Å². The number of amides is 2. The summed E-state index contributed by atoms with van der Waals surface area (Å²) < 4.78 is 9.05. The fourth-order valence-corrected chi connectivity index (χ4v) is 2.84. The molecule has 1 aromatic carbocycles. The van der Waals surface area contributed by atoms with Crippen molar-refractivity contribution in [2.75, 3.05) is 11.9 Å². The van der Waals surface area contributed by atoms with Crippen molar-refractivity contribution in [3.63, 3.8) is 0 Å². The second-order valence-electron chi connectivity index (χ2n) is 5.00. The highest BCUT2D eigenvalue weighted by Crippen LogP contribution is 2.25. The van der Waals surface area contributed by atoms with E-state index in [0.29, 0.717) is 27.5 Å². The van der Waals surface area contributed by atoms with Crippen molar-refractivity contribution < 1.29 is 19.4 Å². The third kappa shape index (κ3) is 4.77. The smallest absolute Gasteiger partial charge is 0.412 e. The van der Waals surface area contributed by atoms with Gasteiger partial charge in [-0.2, -0.15) is 9.47 Å². The number of ether oxygens (including phenoxy) is 1. The zero-order valence-corrected chi connectivity index (χ0v) is 14.8. The maximum atomic E-state index is 12.1. The average molecular weight is 362 g/mol. The number of phenolic OH excluding ortho intramolecular Hbond substituents is 1. The number of aromatic nitrogens is 1. The summed E-state index contributed by atoms with van der Waals surface area (Å²) in [5, 5.41) is 16.4. The second kappa shape index (κ2) is 8.25. The second-order valence-corrected chi connectivity index (χ2v) is 5.78. The minimum atomic E-state index is -0.576. The van der Waals surface area contributed by atoms with Crippen molar-refractivity contribution in [1.29, 1.82) is 0 Å². The molecule has 0 unspecified atom stereocenters. The fourth-order valence-electron chi connectivity index (χ4n) is 2.01. The molecule has 2 aromatic rings. The van der Waals surface area contributed by atoms with Crippen LogP contribution in [0.15, 0.2) is 29.4 Å². The van der Waals surface area contributed by atoms with Gasteiger partial charge in [-0.1, -0.05) is 0 Å². The van der Waals surface area contributed by atoms with E-state index in [0.717, 1.165) is 11.5 Å². The van der Waals surface area contributed by atoms with E-state index < -0.39 is 12.0 Å². The molecule has 0 bridgehead atoms. The van der Waals surface area contributed by atoms with E-state index in [9.17, 15) is 14.7 Å². The molecule has 9 heteroatoms. The highest BCUT2D eigenvalue weighted by atomic mass is 32.1. The maximum absolute atomic E-state index is 12.1. The molecule has 8 nitrogen and oxygen atoms in total. The Hall–Kier alpha value is -2.94. The number of carbonyl (C=O) groups is 2. The number of rotatable bonds is 5. The molecule has 0 spiro atoms.